The summed E-state index contributed by atoms with van der Waals surface area (Å²) in [6.45, 7) is 0.368. The number of hydrogen-bond acceptors (Lipinski definition) is 4. The molecule has 168 valence electrons. The van der Waals surface area contributed by atoms with Crippen molar-refractivity contribution in [2.75, 3.05) is 5.32 Å². The number of allylic oxidation sites excluding steroid dienone is 4. The number of amides is 2. The molecule has 2 aromatic heterocycles. The van der Waals surface area contributed by atoms with Crippen LogP contribution in [0.1, 0.15) is 36.2 Å². The maximum absolute atomic E-state index is 12.1. The summed E-state index contributed by atoms with van der Waals surface area (Å²) in [5, 5.41) is 15.9. The van der Waals surface area contributed by atoms with Crippen LogP contribution in [-0.2, 0) is 13.0 Å². The molecule has 0 saturated carbocycles. The van der Waals surface area contributed by atoms with Crippen LogP contribution in [0, 0.1) is 0 Å². The Hall–Kier alpha value is -4.27. The Balaban J connectivity index is 1.34. The highest BCUT2D eigenvalue weighted by molar-refractivity contribution is 5.89. The van der Waals surface area contributed by atoms with Crippen LogP contribution in [-0.4, -0.2) is 25.5 Å². The number of carbonyl (C=O) groups is 1. The molecule has 1 aromatic carbocycles. The molecule has 2 aliphatic carbocycles. The Bertz CT molecular complexity index is 1410. The average Bonchev–Trinajstić information content (AvgIpc) is 3.30. The van der Waals surface area contributed by atoms with Crippen molar-refractivity contribution in [3.05, 3.63) is 98.1 Å². The Morgan fingerprint density at radius 2 is 1.85 bits per heavy atom. The minimum absolute atomic E-state index is 0.283. The number of H-pyrrole nitrogens is 1. The molecular formula is C24H23N5O4. The molecule has 2 heterocycles. The van der Waals surface area contributed by atoms with Crippen LogP contribution in [0.25, 0.3) is 11.3 Å². The molecule has 0 spiro atoms. The number of benzene rings is 1. The van der Waals surface area contributed by atoms with Crippen molar-refractivity contribution in [1.29, 1.82) is 0 Å². The predicted molar refractivity (Wildman–Crippen MR) is 124 cm³/mol. The normalized spacial score (nSPS) is 14.8. The first-order chi connectivity index (χ1) is 16.0. The number of nitrogens with zero attached hydrogens (tertiary/aromatic N) is 2. The zero-order valence-electron chi connectivity index (χ0n) is 17.8. The molecule has 5 rings (SSSR count). The molecule has 9 heteroatoms. The van der Waals surface area contributed by atoms with E-state index in [0.29, 0.717) is 29.1 Å². The highest BCUT2D eigenvalue weighted by atomic mass is 16.5. The minimum atomic E-state index is -0.980. The van der Waals surface area contributed by atoms with Gasteiger partial charge in [0.05, 0.1) is 0 Å². The van der Waals surface area contributed by atoms with Crippen molar-refractivity contribution < 1.29 is 10.0 Å². The first-order valence-corrected chi connectivity index (χ1v) is 10.8. The van der Waals surface area contributed by atoms with Gasteiger partial charge in [0.15, 0.2) is 0 Å². The van der Waals surface area contributed by atoms with Gasteiger partial charge in [0.1, 0.15) is 5.69 Å². The van der Waals surface area contributed by atoms with Gasteiger partial charge in [0.25, 0.3) is 0 Å². The monoisotopic (exact) mass is 445 g/mol. The van der Waals surface area contributed by atoms with E-state index < -0.39 is 11.1 Å². The van der Waals surface area contributed by atoms with Crippen LogP contribution in [0.2, 0.25) is 0 Å². The van der Waals surface area contributed by atoms with Crippen molar-refractivity contribution in [2.45, 2.75) is 32.2 Å². The van der Waals surface area contributed by atoms with Gasteiger partial charge in [-0.15, -0.1) is 4.73 Å². The second-order valence-electron chi connectivity index (χ2n) is 8.15. The van der Waals surface area contributed by atoms with Crippen LogP contribution >= 0.6 is 0 Å². The molecule has 0 saturated heterocycles. The highest BCUT2D eigenvalue weighted by Crippen LogP contribution is 2.38. The maximum Gasteiger partial charge on any atom is 0.348 e. The smallest absolute Gasteiger partial charge is 0.348 e. The second-order valence-corrected chi connectivity index (χ2v) is 8.15. The number of nitrogens with one attached hydrogen (secondary N) is 3. The second kappa shape index (κ2) is 8.34. The number of aryl methyl sites for hydroxylation is 1. The summed E-state index contributed by atoms with van der Waals surface area (Å²) in [6, 6.07) is 10.9. The van der Waals surface area contributed by atoms with E-state index in [9.17, 15) is 19.6 Å². The van der Waals surface area contributed by atoms with Gasteiger partial charge in [-0.25, -0.2) is 4.79 Å². The Labute approximate surface area is 188 Å². The van der Waals surface area contributed by atoms with Gasteiger partial charge in [0, 0.05) is 41.6 Å². The predicted octanol–water partition coefficient (Wildman–Crippen LogP) is 2.93. The van der Waals surface area contributed by atoms with Gasteiger partial charge in [-0.05, 0) is 55.5 Å². The molecule has 0 fully saturated rings. The number of anilines is 1. The van der Waals surface area contributed by atoms with Crippen molar-refractivity contribution in [3.8, 4) is 0 Å². The topological polar surface area (TPSA) is 121 Å². The summed E-state index contributed by atoms with van der Waals surface area (Å²) in [6.07, 6.45) is 8.80. The molecule has 0 bridgehead atoms. The molecule has 0 unspecified atom stereocenters. The highest BCUT2D eigenvalue weighted by Gasteiger charge is 2.26. The number of hydrogen-bond donors (Lipinski definition) is 4. The number of para-hydroxylation sites is 1. The SMILES string of the molecule is O=C(NCc1ccn(C2=CC3=C(CC2)CCc2[nH]c(=O)c(=O)n(O)c23)c1)Nc1ccccc1. The zero-order valence-corrected chi connectivity index (χ0v) is 17.8. The van der Waals surface area contributed by atoms with Crippen LogP contribution < -0.4 is 21.8 Å². The van der Waals surface area contributed by atoms with Crippen LogP contribution in [0.5, 0.6) is 0 Å². The third-order valence-electron chi connectivity index (χ3n) is 6.03. The van der Waals surface area contributed by atoms with E-state index in [1.165, 1.54) is 0 Å². The first-order valence-electron chi connectivity index (χ1n) is 10.8. The summed E-state index contributed by atoms with van der Waals surface area (Å²) in [4.78, 5) is 38.5. The molecule has 9 nitrogen and oxygen atoms in total. The molecule has 2 aliphatic rings. The fourth-order valence-electron chi connectivity index (χ4n) is 4.37. The number of carbonyl (C=O) groups excluding carboxylic acids is 1. The van der Waals surface area contributed by atoms with E-state index in [1.54, 1.807) is 0 Å². The van der Waals surface area contributed by atoms with Gasteiger partial charge in [-0.3, -0.25) is 9.59 Å². The molecule has 0 radical (unpaired) electrons. The average molecular weight is 445 g/mol. The minimum Gasteiger partial charge on any atom is -0.425 e. The molecule has 33 heavy (non-hydrogen) atoms. The lowest BCUT2D eigenvalue weighted by Gasteiger charge is -2.26. The number of fused-ring (bicyclic) bond motifs is 2. The number of aromatic nitrogens is 3. The summed E-state index contributed by atoms with van der Waals surface area (Å²) >= 11 is 0. The van der Waals surface area contributed by atoms with Gasteiger partial charge < -0.3 is 25.4 Å². The van der Waals surface area contributed by atoms with E-state index in [1.807, 2.05) is 59.4 Å². The standard InChI is InChI=1S/C24H23N5O4/c30-22-23(31)29(33)21-19-12-18(8-6-16(19)7-9-20(21)27-22)28-11-10-15(14-28)13-25-24(32)26-17-4-2-1-3-5-17/h1-5,10-12,14,33H,6-9,13H2,(H,27,30)(H2,25,26,32). The third kappa shape index (κ3) is 4.00. The molecular weight excluding hydrogens is 422 g/mol. The molecule has 0 aliphatic heterocycles. The zero-order chi connectivity index (χ0) is 22.9. The van der Waals surface area contributed by atoms with Crippen molar-refractivity contribution >= 4 is 23.0 Å². The number of aromatic amines is 1. The van der Waals surface area contributed by atoms with Crippen molar-refractivity contribution in [2.24, 2.45) is 0 Å². The number of urea groups is 1. The van der Waals surface area contributed by atoms with E-state index in [4.69, 9.17) is 0 Å². The van der Waals surface area contributed by atoms with E-state index in [0.717, 1.165) is 47.4 Å². The number of rotatable bonds is 4. The first kappa shape index (κ1) is 20.6. The molecule has 2 amide bonds. The summed E-state index contributed by atoms with van der Waals surface area (Å²) in [5.41, 5.74) is 3.73. The van der Waals surface area contributed by atoms with Gasteiger partial charge in [0.2, 0.25) is 0 Å². The molecule has 4 N–H and O–H groups in total. The van der Waals surface area contributed by atoms with Crippen molar-refractivity contribution in [1.82, 2.24) is 19.6 Å². The maximum atomic E-state index is 12.1. The summed E-state index contributed by atoms with van der Waals surface area (Å²) in [5.74, 6) is 0. The molecule has 3 aromatic rings. The lowest BCUT2D eigenvalue weighted by Crippen LogP contribution is -2.39. The van der Waals surface area contributed by atoms with Crippen molar-refractivity contribution in [3.63, 3.8) is 0 Å². The van der Waals surface area contributed by atoms with Gasteiger partial charge in [-0.1, -0.05) is 23.8 Å². The van der Waals surface area contributed by atoms with Crippen LogP contribution in [0.3, 0.4) is 0 Å². The third-order valence-corrected chi connectivity index (χ3v) is 6.03. The van der Waals surface area contributed by atoms with E-state index >= 15 is 0 Å². The Morgan fingerprint density at radius 3 is 2.67 bits per heavy atom. The Kier molecular flexibility index (Phi) is 5.21. The fourth-order valence-corrected chi connectivity index (χ4v) is 4.37. The summed E-state index contributed by atoms with van der Waals surface area (Å²) in [7, 11) is 0. The van der Waals surface area contributed by atoms with Crippen LogP contribution in [0.15, 0.2) is 70.0 Å². The van der Waals surface area contributed by atoms with Gasteiger partial charge in [-0.2, -0.15) is 0 Å². The summed E-state index contributed by atoms with van der Waals surface area (Å²) < 4.78 is 2.45. The lowest BCUT2D eigenvalue weighted by atomic mass is 9.85. The lowest BCUT2D eigenvalue weighted by molar-refractivity contribution is 0.168. The Morgan fingerprint density at radius 1 is 1.06 bits per heavy atom. The quantitative estimate of drug-likeness (QED) is 0.364. The largest absolute Gasteiger partial charge is 0.425 e. The van der Waals surface area contributed by atoms with E-state index in [2.05, 4.69) is 15.6 Å². The van der Waals surface area contributed by atoms with Crippen LogP contribution in [0.4, 0.5) is 10.5 Å². The molecule has 0 atom stereocenters. The van der Waals surface area contributed by atoms with Gasteiger partial charge >= 0.3 is 17.1 Å². The fraction of sp³-hybridized carbons (Fsp3) is 0.208. The van der Waals surface area contributed by atoms with E-state index in [-0.39, 0.29) is 6.03 Å².